The normalized spacial score (nSPS) is 11.6. The minimum Gasteiger partial charge on any atom is -0.346 e. The van der Waals surface area contributed by atoms with Gasteiger partial charge in [-0.3, -0.25) is 9.89 Å². The summed E-state index contributed by atoms with van der Waals surface area (Å²) < 4.78 is 13.0. The lowest BCUT2D eigenvalue weighted by Crippen LogP contribution is -2.30. The third kappa shape index (κ3) is 6.62. The highest BCUT2D eigenvalue weighted by Gasteiger charge is 2.18. The lowest BCUT2D eigenvalue weighted by Gasteiger charge is -2.23. The maximum absolute atomic E-state index is 13.0. The van der Waals surface area contributed by atoms with Crippen molar-refractivity contribution in [2.45, 2.75) is 52.9 Å². The molecule has 0 saturated heterocycles. The molecular weight excluding hydrogens is 329 g/mol. The number of benzene rings is 1. The summed E-state index contributed by atoms with van der Waals surface area (Å²) in [5.74, 6) is -0.0227. The number of amides is 1. The number of carbonyl (C=O) groups excluding carboxylic acids is 1. The van der Waals surface area contributed by atoms with E-state index in [1.54, 1.807) is 12.1 Å². The summed E-state index contributed by atoms with van der Waals surface area (Å²) in [5, 5.41) is 7.35. The van der Waals surface area contributed by atoms with E-state index >= 15 is 0 Å². The van der Waals surface area contributed by atoms with Gasteiger partial charge in [0.1, 0.15) is 5.82 Å². The van der Waals surface area contributed by atoms with Gasteiger partial charge < -0.3 is 4.90 Å². The quantitative estimate of drug-likeness (QED) is 0.687. The molecule has 0 aliphatic carbocycles. The molecule has 1 aromatic carbocycles. The van der Waals surface area contributed by atoms with Gasteiger partial charge in [0.05, 0.1) is 5.69 Å². The molecule has 1 N–H and O–H groups in total. The van der Waals surface area contributed by atoms with Crippen molar-refractivity contribution in [1.82, 2.24) is 15.1 Å². The van der Waals surface area contributed by atoms with Crippen LogP contribution in [-0.2, 0) is 11.2 Å². The third-order valence-corrected chi connectivity index (χ3v) is 4.32. The molecule has 142 valence electrons. The van der Waals surface area contributed by atoms with Crippen molar-refractivity contribution >= 4 is 5.91 Å². The second-order valence-electron chi connectivity index (χ2n) is 8.15. The molecule has 0 aliphatic rings. The molecule has 2 rings (SSSR count). The summed E-state index contributed by atoms with van der Waals surface area (Å²) in [7, 11) is 1.89. The van der Waals surface area contributed by atoms with Crippen LogP contribution >= 0.6 is 0 Å². The van der Waals surface area contributed by atoms with Gasteiger partial charge in [0.2, 0.25) is 5.91 Å². The van der Waals surface area contributed by atoms with Gasteiger partial charge in [0, 0.05) is 31.3 Å². The number of nitrogens with zero attached hydrogens (tertiary/aromatic N) is 2. The molecule has 0 aliphatic heterocycles. The Bertz CT molecular complexity index is 701. The number of halogens is 1. The van der Waals surface area contributed by atoms with Crippen molar-refractivity contribution in [2.24, 2.45) is 5.41 Å². The molecule has 1 heterocycles. The van der Waals surface area contributed by atoms with E-state index in [0.717, 1.165) is 49.2 Å². The van der Waals surface area contributed by atoms with Gasteiger partial charge in [-0.2, -0.15) is 5.10 Å². The maximum atomic E-state index is 13.0. The van der Waals surface area contributed by atoms with Crippen LogP contribution in [0.15, 0.2) is 30.3 Å². The highest BCUT2D eigenvalue weighted by Crippen LogP contribution is 2.20. The summed E-state index contributed by atoms with van der Waals surface area (Å²) in [6, 6.07) is 8.38. The smallest absolute Gasteiger partial charge is 0.222 e. The number of aromatic amines is 1. The summed E-state index contributed by atoms with van der Waals surface area (Å²) in [6.07, 6.45) is 4.63. The fourth-order valence-electron chi connectivity index (χ4n) is 2.81. The van der Waals surface area contributed by atoms with Crippen LogP contribution in [0.5, 0.6) is 0 Å². The van der Waals surface area contributed by atoms with Gasteiger partial charge in [0.15, 0.2) is 0 Å². The van der Waals surface area contributed by atoms with Crippen LogP contribution in [0.3, 0.4) is 0 Å². The predicted octanol–water partition coefficient (Wildman–Crippen LogP) is 4.82. The number of hydrogen-bond donors (Lipinski definition) is 1. The number of rotatable bonds is 8. The lowest BCUT2D eigenvalue weighted by molar-refractivity contribution is -0.131. The first-order valence-electron chi connectivity index (χ1n) is 9.29. The highest BCUT2D eigenvalue weighted by molar-refractivity contribution is 5.76. The number of nitrogens with one attached hydrogen (secondary N) is 1. The average Bonchev–Trinajstić information content (AvgIpc) is 3.02. The van der Waals surface area contributed by atoms with E-state index in [1.165, 1.54) is 12.1 Å². The van der Waals surface area contributed by atoms with E-state index in [4.69, 9.17) is 0 Å². The summed E-state index contributed by atoms with van der Waals surface area (Å²) >= 11 is 0. The Morgan fingerprint density at radius 3 is 2.50 bits per heavy atom. The molecule has 0 bridgehead atoms. The fraction of sp³-hybridized carbons (Fsp3) is 0.524. The van der Waals surface area contributed by atoms with Gasteiger partial charge >= 0.3 is 0 Å². The second kappa shape index (κ2) is 8.97. The number of aryl methyl sites for hydroxylation is 1. The van der Waals surface area contributed by atoms with Crippen molar-refractivity contribution in [3.8, 4) is 11.3 Å². The van der Waals surface area contributed by atoms with Crippen LogP contribution in [0.2, 0.25) is 0 Å². The molecule has 5 heteroatoms. The first-order chi connectivity index (χ1) is 12.2. The number of aromatic nitrogens is 2. The number of carbonyl (C=O) groups is 1. The standard InChI is InChI=1S/C21H30FN3O/c1-21(2,3)15-20(26)25(4)13-7-5-6-8-18-14-19(24-23-18)16-9-11-17(22)12-10-16/h9-12,14H,5-8,13,15H2,1-4H3,(H,23,24). The van der Waals surface area contributed by atoms with Gasteiger partial charge in [-0.1, -0.05) is 27.2 Å². The van der Waals surface area contributed by atoms with E-state index in [1.807, 2.05) is 18.0 Å². The Hall–Kier alpha value is -2.17. The maximum Gasteiger partial charge on any atom is 0.222 e. The van der Waals surface area contributed by atoms with Crippen molar-refractivity contribution < 1.29 is 9.18 Å². The van der Waals surface area contributed by atoms with Gasteiger partial charge in [-0.25, -0.2) is 4.39 Å². The Morgan fingerprint density at radius 1 is 1.15 bits per heavy atom. The van der Waals surface area contributed by atoms with Crippen LogP contribution in [-0.4, -0.2) is 34.6 Å². The topological polar surface area (TPSA) is 49.0 Å². The van der Waals surface area contributed by atoms with E-state index in [2.05, 4.69) is 31.0 Å². The molecule has 0 radical (unpaired) electrons. The molecule has 0 spiro atoms. The monoisotopic (exact) mass is 359 g/mol. The zero-order valence-electron chi connectivity index (χ0n) is 16.3. The zero-order valence-corrected chi connectivity index (χ0v) is 16.3. The molecule has 2 aromatic rings. The largest absolute Gasteiger partial charge is 0.346 e. The lowest BCUT2D eigenvalue weighted by atomic mass is 9.91. The minimum atomic E-state index is -0.240. The Morgan fingerprint density at radius 2 is 1.85 bits per heavy atom. The minimum absolute atomic E-state index is 0.0359. The van der Waals surface area contributed by atoms with Crippen molar-refractivity contribution in [1.29, 1.82) is 0 Å². The third-order valence-electron chi connectivity index (χ3n) is 4.32. The number of H-pyrrole nitrogens is 1. The van der Waals surface area contributed by atoms with Crippen molar-refractivity contribution in [2.75, 3.05) is 13.6 Å². The molecule has 0 fully saturated rings. The van der Waals surface area contributed by atoms with E-state index < -0.39 is 0 Å². The van der Waals surface area contributed by atoms with E-state index in [9.17, 15) is 9.18 Å². The molecule has 0 unspecified atom stereocenters. The predicted molar refractivity (Wildman–Crippen MR) is 103 cm³/mol. The Kier molecular flexibility index (Phi) is 6.95. The van der Waals surface area contributed by atoms with Crippen LogP contribution in [0.1, 0.15) is 52.1 Å². The molecule has 1 aromatic heterocycles. The second-order valence-corrected chi connectivity index (χ2v) is 8.15. The average molecular weight is 359 g/mol. The summed E-state index contributed by atoms with van der Waals surface area (Å²) in [4.78, 5) is 13.9. The van der Waals surface area contributed by atoms with Crippen LogP contribution < -0.4 is 0 Å². The fourth-order valence-corrected chi connectivity index (χ4v) is 2.81. The number of unbranched alkanes of at least 4 members (excludes halogenated alkanes) is 2. The van der Waals surface area contributed by atoms with E-state index in [-0.39, 0.29) is 17.1 Å². The Balaban J connectivity index is 1.69. The van der Waals surface area contributed by atoms with Crippen LogP contribution in [0.4, 0.5) is 4.39 Å². The van der Waals surface area contributed by atoms with Gasteiger partial charge in [0.25, 0.3) is 0 Å². The molecule has 26 heavy (non-hydrogen) atoms. The molecule has 0 atom stereocenters. The van der Waals surface area contributed by atoms with E-state index in [0.29, 0.717) is 6.42 Å². The molecule has 4 nitrogen and oxygen atoms in total. The SMILES string of the molecule is CN(CCCCCc1cc(-c2ccc(F)cc2)n[nH]1)C(=O)CC(C)(C)C. The van der Waals surface area contributed by atoms with Crippen molar-refractivity contribution in [3.05, 3.63) is 41.8 Å². The first kappa shape index (κ1) is 20.1. The highest BCUT2D eigenvalue weighted by atomic mass is 19.1. The molecular formula is C21H30FN3O. The summed E-state index contributed by atoms with van der Waals surface area (Å²) in [5.41, 5.74) is 2.87. The zero-order chi connectivity index (χ0) is 19.2. The first-order valence-corrected chi connectivity index (χ1v) is 9.29. The molecule has 1 amide bonds. The van der Waals surface area contributed by atoms with Gasteiger partial charge in [-0.05, 0) is 55.0 Å². The van der Waals surface area contributed by atoms with Crippen molar-refractivity contribution in [3.63, 3.8) is 0 Å². The van der Waals surface area contributed by atoms with Gasteiger partial charge in [-0.15, -0.1) is 0 Å². The molecule has 0 saturated carbocycles. The number of hydrogen-bond acceptors (Lipinski definition) is 2. The summed E-state index contributed by atoms with van der Waals surface area (Å²) in [6.45, 7) is 7.06. The van der Waals surface area contributed by atoms with Crippen LogP contribution in [0.25, 0.3) is 11.3 Å². The van der Waals surface area contributed by atoms with Crippen LogP contribution in [0, 0.1) is 11.2 Å². The Labute approximate surface area is 155 Å².